The minimum absolute atomic E-state index is 0.0603. The molecule has 8 heteroatoms. The molecule has 0 unspecified atom stereocenters. The number of benzene rings is 3. The maximum Gasteiger partial charge on any atom is 0.289 e. The molecule has 0 bridgehead atoms. The smallest absolute Gasteiger partial charge is 0.289 e. The molecule has 0 atom stereocenters. The van der Waals surface area contributed by atoms with Crippen LogP contribution in [0.25, 0.3) is 22.0 Å². The zero-order valence-electron chi connectivity index (χ0n) is 16.9. The number of nitrogens with one attached hydrogen (secondary N) is 2. The van der Waals surface area contributed by atoms with E-state index >= 15 is 0 Å². The first-order valence-corrected chi connectivity index (χ1v) is 9.43. The molecule has 1 heterocycles. The number of hydrazone groups is 1. The van der Waals surface area contributed by atoms with Gasteiger partial charge in [0.15, 0.2) is 11.5 Å². The third-order valence-electron chi connectivity index (χ3n) is 4.81. The zero-order chi connectivity index (χ0) is 21.8. The lowest BCUT2D eigenvalue weighted by atomic mass is 10.0. The predicted octanol–water partition coefficient (Wildman–Crippen LogP) is 3.72. The van der Waals surface area contributed by atoms with Crippen molar-refractivity contribution in [2.45, 2.75) is 0 Å². The van der Waals surface area contributed by atoms with Gasteiger partial charge in [-0.2, -0.15) is 10.2 Å². The van der Waals surface area contributed by atoms with Crippen LogP contribution in [0, 0.1) is 0 Å². The first kappa shape index (κ1) is 20.0. The van der Waals surface area contributed by atoms with Gasteiger partial charge in [0.05, 0.1) is 31.7 Å². The number of nitrogens with zero attached hydrogens (tertiary/aromatic N) is 2. The molecule has 0 fully saturated rings. The number of phenols is 1. The van der Waals surface area contributed by atoms with Crippen LogP contribution in [0.1, 0.15) is 16.1 Å². The van der Waals surface area contributed by atoms with Crippen molar-refractivity contribution >= 4 is 22.9 Å². The first-order valence-electron chi connectivity index (χ1n) is 9.43. The van der Waals surface area contributed by atoms with Crippen molar-refractivity contribution in [3.63, 3.8) is 0 Å². The molecule has 4 aromatic rings. The molecule has 8 nitrogen and oxygen atoms in total. The highest BCUT2D eigenvalue weighted by molar-refractivity contribution is 6.00. The average Bonchev–Trinajstić information content (AvgIpc) is 3.29. The van der Waals surface area contributed by atoms with Crippen LogP contribution >= 0.6 is 0 Å². The van der Waals surface area contributed by atoms with Crippen LogP contribution in [-0.4, -0.2) is 41.6 Å². The number of fused-ring (bicyclic) bond motifs is 1. The second-order valence-electron chi connectivity index (χ2n) is 6.63. The molecule has 0 spiro atoms. The third kappa shape index (κ3) is 3.91. The van der Waals surface area contributed by atoms with Crippen molar-refractivity contribution in [3.8, 4) is 28.5 Å². The Labute approximate surface area is 178 Å². The van der Waals surface area contributed by atoms with Gasteiger partial charge >= 0.3 is 0 Å². The number of para-hydroxylation sites is 1. The summed E-state index contributed by atoms with van der Waals surface area (Å²) in [6.45, 7) is 0. The molecule has 0 aliphatic heterocycles. The molecule has 0 aliphatic carbocycles. The van der Waals surface area contributed by atoms with Crippen molar-refractivity contribution in [3.05, 3.63) is 71.9 Å². The summed E-state index contributed by atoms with van der Waals surface area (Å²) >= 11 is 0. The van der Waals surface area contributed by atoms with Gasteiger partial charge in [0.25, 0.3) is 5.91 Å². The standard InChI is InChI=1S/C23H20N4O4/c1-30-19-11-10-14-6-3-4-8-16(14)21(19)17-12-18(26-25-17)23(29)27-24-13-15-7-5-9-20(31-2)22(15)28/h3-13,28H,1-2H3,(H,25,26)(H,27,29). The van der Waals surface area contributed by atoms with Crippen molar-refractivity contribution in [2.24, 2.45) is 5.10 Å². The van der Waals surface area contributed by atoms with Crippen LogP contribution in [0.4, 0.5) is 0 Å². The van der Waals surface area contributed by atoms with Gasteiger partial charge in [0.2, 0.25) is 0 Å². The van der Waals surface area contributed by atoms with Crippen molar-refractivity contribution in [1.29, 1.82) is 0 Å². The molecule has 0 aliphatic rings. The number of phenolic OH excluding ortho intramolecular Hbond substituents is 1. The van der Waals surface area contributed by atoms with Crippen LogP contribution in [0.3, 0.4) is 0 Å². The predicted molar refractivity (Wildman–Crippen MR) is 118 cm³/mol. The van der Waals surface area contributed by atoms with E-state index in [1.807, 2.05) is 36.4 Å². The molecular weight excluding hydrogens is 396 g/mol. The Morgan fingerprint density at radius 1 is 1.06 bits per heavy atom. The van der Waals surface area contributed by atoms with E-state index in [0.29, 0.717) is 22.8 Å². The Hall–Kier alpha value is -4.33. The van der Waals surface area contributed by atoms with E-state index in [1.54, 1.807) is 31.4 Å². The lowest BCUT2D eigenvalue weighted by molar-refractivity contribution is 0.0950. The Kier molecular flexibility index (Phi) is 5.53. The highest BCUT2D eigenvalue weighted by Crippen LogP contribution is 2.36. The average molecular weight is 416 g/mol. The monoisotopic (exact) mass is 416 g/mol. The van der Waals surface area contributed by atoms with Gasteiger partial charge in [0.1, 0.15) is 11.4 Å². The molecule has 1 aromatic heterocycles. The van der Waals surface area contributed by atoms with Crippen LogP contribution in [0.2, 0.25) is 0 Å². The number of hydrogen-bond donors (Lipinski definition) is 3. The third-order valence-corrected chi connectivity index (χ3v) is 4.81. The highest BCUT2D eigenvalue weighted by atomic mass is 16.5. The summed E-state index contributed by atoms with van der Waals surface area (Å²) in [5.74, 6) is 0.438. The van der Waals surface area contributed by atoms with Gasteiger partial charge in [-0.1, -0.05) is 36.4 Å². The molecule has 1 amide bonds. The van der Waals surface area contributed by atoms with E-state index in [2.05, 4.69) is 20.7 Å². The fraction of sp³-hybridized carbons (Fsp3) is 0.0870. The van der Waals surface area contributed by atoms with Crippen LogP contribution in [0.5, 0.6) is 17.2 Å². The molecule has 3 aromatic carbocycles. The number of aromatic amines is 1. The van der Waals surface area contributed by atoms with E-state index < -0.39 is 5.91 Å². The molecule has 4 rings (SSSR count). The van der Waals surface area contributed by atoms with Crippen molar-refractivity contribution in [1.82, 2.24) is 15.6 Å². The highest BCUT2D eigenvalue weighted by Gasteiger charge is 2.16. The number of H-pyrrole nitrogens is 1. The number of hydrogen-bond acceptors (Lipinski definition) is 6. The van der Waals surface area contributed by atoms with Crippen LogP contribution < -0.4 is 14.9 Å². The Bertz CT molecular complexity index is 1280. The van der Waals surface area contributed by atoms with E-state index in [9.17, 15) is 9.90 Å². The molecule has 31 heavy (non-hydrogen) atoms. The lowest BCUT2D eigenvalue weighted by Crippen LogP contribution is -2.18. The summed E-state index contributed by atoms with van der Waals surface area (Å²) < 4.78 is 10.6. The SMILES string of the molecule is COc1cccc(C=NNC(=O)c2cc(-c3c(OC)ccc4ccccc34)n[nH]2)c1O. The Morgan fingerprint density at radius 2 is 1.87 bits per heavy atom. The molecular formula is C23H20N4O4. The number of carbonyl (C=O) groups excluding carboxylic acids is 1. The normalized spacial score (nSPS) is 11.0. The number of methoxy groups -OCH3 is 2. The van der Waals surface area contributed by atoms with E-state index in [-0.39, 0.29) is 11.4 Å². The van der Waals surface area contributed by atoms with E-state index in [1.165, 1.54) is 13.3 Å². The van der Waals surface area contributed by atoms with Gasteiger partial charge in [-0.3, -0.25) is 9.89 Å². The number of carbonyl (C=O) groups is 1. The van der Waals surface area contributed by atoms with Crippen LogP contribution in [0.15, 0.2) is 65.8 Å². The maximum absolute atomic E-state index is 12.5. The van der Waals surface area contributed by atoms with Gasteiger partial charge in [-0.15, -0.1) is 0 Å². The summed E-state index contributed by atoms with van der Waals surface area (Å²) in [5, 5.41) is 23.0. The number of amides is 1. The molecule has 0 saturated carbocycles. The number of ether oxygens (including phenoxy) is 2. The number of aromatic hydroxyl groups is 1. The molecule has 0 radical (unpaired) electrons. The molecule has 0 saturated heterocycles. The van der Waals surface area contributed by atoms with Gasteiger partial charge in [-0.05, 0) is 35.0 Å². The van der Waals surface area contributed by atoms with Gasteiger partial charge < -0.3 is 14.6 Å². The maximum atomic E-state index is 12.5. The summed E-state index contributed by atoms with van der Waals surface area (Å²) in [7, 11) is 3.05. The topological polar surface area (TPSA) is 109 Å². The number of aromatic nitrogens is 2. The van der Waals surface area contributed by atoms with Gasteiger partial charge in [0, 0.05) is 5.56 Å². The lowest BCUT2D eigenvalue weighted by Gasteiger charge is -2.09. The second kappa shape index (κ2) is 8.58. The Balaban J connectivity index is 1.57. The summed E-state index contributed by atoms with van der Waals surface area (Å²) in [4.78, 5) is 12.5. The summed E-state index contributed by atoms with van der Waals surface area (Å²) in [6, 6.07) is 18.3. The summed E-state index contributed by atoms with van der Waals surface area (Å²) in [5.41, 5.74) is 4.43. The fourth-order valence-electron chi connectivity index (χ4n) is 3.28. The van der Waals surface area contributed by atoms with Crippen LogP contribution in [-0.2, 0) is 0 Å². The summed E-state index contributed by atoms with van der Waals surface area (Å²) in [6.07, 6.45) is 1.33. The minimum atomic E-state index is -0.475. The fourth-order valence-corrected chi connectivity index (χ4v) is 3.28. The molecule has 156 valence electrons. The van der Waals surface area contributed by atoms with Crippen molar-refractivity contribution in [2.75, 3.05) is 14.2 Å². The zero-order valence-corrected chi connectivity index (χ0v) is 16.9. The van der Waals surface area contributed by atoms with Gasteiger partial charge in [-0.25, -0.2) is 5.43 Å². The first-order chi connectivity index (χ1) is 15.1. The second-order valence-corrected chi connectivity index (χ2v) is 6.63. The number of rotatable bonds is 6. The van der Waals surface area contributed by atoms with E-state index in [0.717, 1.165) is 16.3 Å². The Morgan fingerprint density at radius 3 is 2.68 bits per heavy atom. The van der Waals surface area contributed by atoms with E-state index in [4.69, 9.17) is 9.47 Å². The largest absolute Gasteiger partial charge is 0.504 e. The minimum Gasteiger partial charge on any atom is -0.504 e. The quantitative estimate of drug-likeness (QED) is 0.328. The molecule has 3 N–H and O–H groups in total. The van der Waals surface area contributed by atoms with Crippen molar-refractivity contribution < 1.29 is 19.4 Å².